The molecule has 0 aliphatic carbocycles. The number of benzene rings is 1. The van der Waals surface area contributed by atoms with E-state index in [9.17, 15) is 4.79 Å². The first-order valence-electron chi connectivity index (χ1n) is 6.23. The van der Waals surface area contributed by atoms with Gasteiger partial charge in [0.05, 0.1) is 28.9 Å². The van der Waals surface area contributed by atoms with Crippen LogP contribution in [0.15, 0.2) is 12.1 Å². The van der Waals surface area contributed by atoms with E-state index < -0.39 is 0 Å². The summed E-state index contributed by atoms with van der Waals surface area (Å²) in [7, 11) is 1.63. The van der Waals surface area contributed by atoms with Crippen LogP contribution in [0.4, 0.5) is 11.4 Å². The quantitative estimate of drug-likeness (QED) is 0.758. The van der Waals surface area contributed by atoms with Crippen LogP contribution in [0.2, 0.25) is 10.0 Å². The van der Waals surface area contributed by atoms with Gasteiger partial charge in [0.25, 0.3) is 0 Å². The number of methoxy groups -OCH3 is 1. The number of nitrogens with zero attached hydrogens (tertiary/aromatic N) is 1. The van der Waals surface area contributed by atoms with Gasteiger partial charge in [-0.15, -0.1) is 0 Å². The van der Waals surface area contributed by atoms with Crippen molar-refractivity contribution in [3.8, 4) is 0 Å². The smallest absolute Gasteiger partial charge is 0.238 e. The Bertz CT molecular complexity index is 446. The van der Waals surface area contributed by atoms with Gasteiger partial charge < -0.3 is 15.8 Å². The molecule has 0 saturated carbocycles. The second-order valence-electron chi connectivity index (χ2n) is 4.27. The molecule has 0 heterocycles. The van der Waals surface area contributed by atoms with Crippen molar-refractivity contribution in [2.75, 3.05) is 44.4 Å². The highest BCUT2D eigenvalue weighted by atomic mass is 35.5. The van der Waals surface area contributed by atoms with Crippen LogP contribution in [0.5, 0.6) is 0 Å². The number of anilines is 2. The zero-order valence-electron chi connectivity index (χ0n) is 11.6. The highest BCUT2D eigenvalue weighted by Gasteiger charge is 2.13. The van der Waals surface area contributed by atoms with E-state index in [4.69, 9.17) is 33.7 Å². The Balaban J connectivity index is 2.66. The van der Waals surface area contributed by atoms with Crippen LogP contribution in [0.1, 0.15) is 6.92 Å². The summed E-state index contributed by atoms with van der Waals surface area (Å²) in [4.78, 5) is 13.9. The highest BCUT2D eigenvalue weighted by molar-refractivity contribution is 6.40. The second kappa shape index (κ2) is 8.32. The van der Waals surface area contributed by atoms with Crippen molar-refractivity contribution in [1.82, 2.24) is 4.90 Å². The molecule has 0 aliphatic heterocycles. The molecule has 0 spiro atoms. The number of hydrogen-bond acceptors (Lipinski definition) is 4. The van der Waals surface area contributed by atoms with Gasteiger partial charge in [-0.2, -0.15) is 0 Å². The predicted molar refractivity (Wildman–Crippen MR) is 83.5 cm³/mol. The molecule has 0 aliphatic rings. The number of hydrogen-bond donors (Lipinski definition) is 2. The van der Waals surface area contributed by atoms with E-state index in [0.29, 0.717) is 34.6 Å². The van der Waals surface area contributed by atoms with Gasteiger partial charge in [0.1, 0.15) is 0 Å². The molecule has 1 aromatic rings. The zero-order chi connectivity index (χ0) is 15.1. The van der Waals surface area contributed by atoms with E-state index >= 15 is 0 Å². The van der Waals surface area contributed by atoms with Crippen LogP contribution >= 0.6 is 23.2 Å². The fraction of sp³-hybridized carbons (Fsp3) is 0.462. The molecule has 0 fully saturated rings. The molecule has 3 N–H and O–H groups in total. The van der Waals surface area contributed by atoms with Crippen LogP contribution in [0.25, 0.3) is 0 Å². The lowest BCUT2D eigenvalue weighted by Gasteiger charge is -2.19. The number of rotatable bonds is 7. The summed E-state index contributed by atoms with van der Waals surface area (Å²) < 4.78 is 5.00. The van der Waals surface area contributed by atoms with Crippen molar-refractivity contribution >= 4 is 40.5 Å². The van der Waals surface area contributed by atoms with Crippen molar-refractivity contribution in [2.45, 2.75) is 6.92 Å². The Morgan fingerprint density at radius 2 is 2.00 bits per heavy atom. The van der Waals surface area contributed by atoms with Gasteiger partial charge in [-0.1, -0.05) is 30.1 Å². The van der Waals surface area contributed by atoms with Crippen LogP contribution in [-0.4, -0.2) is 44.2 Å². The van der Waals surface area contributed by atoms with Crippen LogP contribution in [-0.2, 0) is 9.53 Å². The minimum Gasteiger partial charge on any atom is -0.399 e. The van der Waals surface area contributed by atoms with Crippen molar-refractivity contribution in [3.63, 3.8) is 0 Å². The van der Waals surface area contributed by atoms with Crippen LogP contribution < -0.4 is 11.1 Å². The molecule has 0 unspecified atom stereocenters. The lowest BCUT2D eigenvalue weighted by molar-refractivity contribution is -0.117. The lowest BCUT2D eigenvalue weighted by atomic mass is 10.2. The Hall–Kier alpha value is -1.01. The van der Waals surface area contributed by atoms with Crippen LogP contribution in [0, 0.1) is 0 Å². The fourth-order valence-electron chi connectivity index (χ4n) is 1.66. The average Bonchev–Trinajstić information content (AvgIpc) is 2.38. The van der Waals surface area contributed by atoms with Gasteiger partial charge in [-0.3, -0.25) is 9.69 Å². The highest BCUT2D eigenvalue weighted by Crippen LogP contribution is 2.32. The third-order valence-electron chi connectivity index (χ3n) is 2.75. The summed E-state index contributed by atoms with van der Waals surface area (Å²) in [5.41, 5.74) is 6.45. The largest absolute Gasteiger partial charge is 0.399 e. The summed E-state index contributed by atoms with van der Waals surface area (Å²) >= 11 is 12.0. The number of nitrogens with two attached hydrogens (primary N) is 1. The van der Waals surface area contributed by atoms with Crippen molar-refractivity contribution in [1.29, 1.82) is 0 Å². The van der Waals surface area contributed by atoms with E-state index in [1.54, 1.807) is 19.2 Å². The van der Waals surface area contributed by atoms with E-state index in [0.717, 1.165) is 6.54 Å². The van der Waals surface area contributed by atoms with E-state index in [1.807, 2.05) is 11.8 Å². The Kier molecular flexibility index (Phi) is 7.09. The standard InChI is InChI=1S/C13H19Cl2N3O2/c1-3-18(4-5-20-2)8-12(19)17-13-10(14)6-9(16)7-11(13)15/h6-7H,3-5,8,16H2,1-2H3,(H,17,19). The minimum absolute atomic E-state index is 0.184. The van der Waals surface area contributed by atoms with E-state index in [2.05, 4.69) is 5.32 Å². The predicted octanol–water partition coefficient (Wildman–Crippen LogP) is 2.48. The van der Waals surface area contributed by atoms with Crippen LogP contribution in [0.3, 0.4) is 0 Å². The number of likely N-dealkylation sites (N-methyl/N-ethyl adjacent to an activating group) is 1. The molecule has 5 nitrogen and oxygen atoms in total. The first-order valence-corrected chi connectivity index (χ1v) is 6.99. The van der Waals surface area contributed by atoms with Crippen molar-refractivity contribution < 1.29 is 9.53 Å². The summed E-state index contributed by atoms with van der Waals surface area (Å²) in [5, 5.41) is 3.35. The second-order valence-corrected chi connectivity index (χ2v) is 5.08. The number of nitrogens with one attached hydrogen (secondary N) is 1. The van der Waals surface area contributed by atoms with E-state index in [-0.39, 0.29) is 12.5 Å². The zero-order valence-corrected chi connectivity index (χ0v) is 13.1. The molecule has 1 aromatic carbocycles. The SMILES string of the molecule is CCN(CCOC)CC(=O)Nc1c(Cl)cc(N)cc1Cl. The molecular formula is C13H19Cl2N3O2. The van der Waals surface area contributed by atoms with Crippen molar-refractivity contribution in [3.05, 3.63) is 22.2 Å². The summed E-state index contributed by atoms with van der Waals surface area (Å²) in [6, 6.07) is 3.09. The molecule has 7 heteroatoms. The Morgan fingerprint density at radius 3 is 2.50 bits per heavy atom. The summed E-state index contributed by atoms with van der Waals surface area (Å²) in [6.07, 6.45) is 0. The topological polar surface area (TPSA) is 67.6 Å². The van der Waals surface area contributed by atoms with Gasteiger partial charge in [0, 0.05) is 19.3 Å². The van der Waals surface area contributed by atoms with Crippen molar-refractivity contribution in [2.24, 2.45) is 0 Å². The van der Waals surface area contributed by atoms with Gasteiger partial charge in [-0.25, -0.2) is 0 Å². The molecule has 1 amide bonds. The van der Waals surface area contributed by atoms with Gasteiger partial charge in [0.2, 0.25) is 5.91 Å². The maximum absolute atomic E-state index is 12.0. The molecule has 0 atom stereocenters. The average molecular weight is 320 g/mol. The Labute approximate surface area is 129 Å². The number of ether oxygens (including phenoxy) is 1. The van der Waals surface area contributed by atoms with Gasteiger partial charge in [-0.05, 0) is 18.7 Å². The molecule has 112 valence electrons. The lowest BCUT2D eigenvalue weighted by Crippen LogP contribution is -2.35. The van der Waals surface area contributed by atoms with Gasteiger partial charge >= 0.3 is 0 Å². The molecule has 0 aromatic heterocycles. The monoisotopic (exact) mass is 319 g/mol. The van der Waals surface area contributed by atoms with Gasteiger partial charge in [0.15, 0.2) is 0 Å². The summed E-state index contributed by atoms with van der Waals surface area (Å²) in [5.74, 6) is -0.184. The summed E-state index contributed by atoms with van der Waals surface area (Å²) in [6.45, 7) is 4.23. The molecule has 0 radical (unpaired) electrons. The molecule has 0 bridgehead atoms. The first kappa shape index (κ1) is 17.0. The maximum atomic E-state index is 12.0. The van der Waals surface area contributed by atoms with E-state index in [1.165, 1.54) is 0 Å². The Morgan fingerprint density at radius 1 is 1.40 bits per heavy atom. The number of carbonyl (C=O) groups excluding carboxylic acids is 1. The number of halogens is 2. The third kappa shape index (κ3) is 5.17. The fourth-order valence-corrected chi connectivity index (χ4v) is 2.26. The molecule has 1 rings (SSSR count). The number of nitrogen functional groups attached to an aromatic ring is 1. The maximum Gasteiger partial charge on any atom is 0.238 e. The normalized spacial score (nSPS) is 10.8. The number of amides is 1. The first-order chi connectivity index (χ1) is 9.47. The number of carbonyl (C=O) groups is 1. The minimum atomic E-state index is -0.184. The molecular weight excluding hydrogens is 301 g/mol. The molecule has 0 saturated heterocycles. The molecule has 20 heavy (non-hydrogen) atoms. The third-order valence-corrected chi connectivity index (χ3v) is 3.35.